The third-order valence-corrected chi connectivity index (χ3v) is 2.68. The second-order valence-electron chi connectivity index (χ2n) is 4.03. The van der Waals surface area contributed by atoms with Crippen molar-refractivity contribution >= 4 is 11.5 Å². The number of anilines is 1. The summed E-state index contributed by atoms with van der Waals surface area (Å²) in [5.74, 6) is 1.31. The molecule has 0 atom stereocenters. The third-order valence-electron chi connectivity index (χ3n) is 2.68. The Morgan fingerprint density at radius 1 is 1.26 bits per heavy atom. The smallest absolute Gasteiger partial charge is 0.265 e. The maximum absolute atomic E-state index is 8.99. The van der Waals surface area contributed by atoms with Crippen LogP contribution in [0.4, 0.5) is 5.82 Å². The molecule has 0 spiro atoms. The van der Waals surface area contributed by atoms with Gasteiger partial charge >= 0.3 is 0 Å². The fraction of sp³-hybridized carbons (Fsp3) is 0.0769. The molecular weight excluding hydrogens is 244 g/mol. The molecule has 0 amide bonds. The lowest BCUT2D eigenvalue weighted by atomic mass is 10.2. The Kier molecular flexibility index (Phi) is 2.77. The number of rotatable bonds is 3. The normalized spacial score (nSPS) is 10.8. The van der Waals surface area contributed by atoms with Gasteiger partial charge in [-0.2, -0.15) is 4.98 Å². The molecule has 3 N–H and O–H groups in total. The van der Waals surface area contributed by atoms with Gasteiger partial charge in [-0.1, -0.05) is 12.1 Å². The number of benzene rings is 1. The molecule has 0 aliphatic rings. The molecule has 0 fully saturated rings. The monoisotopic (exact) mass is 256 g/mol. The summed E-state index contributed by atoms with van der Waals surface area (Å²) in [5.41, 5.74) is 7.13. The quantitative estimate of drug-likeness (QED) is 0.743. The van der Waals surface area contributed by atoms with E-state index in [1.54, 1.807) is 47.3 Å². The van der Waals surface area contributed by atoms with Gasteiger partial charge in [-0.15, -0.1) is 0 Å². The summed E-state index contributed by atoms with van der Waals surface area (Å²) >= 11 is 0. The van der Waals surface area contributed by atoms with Crippen LogP contribution in [0.1, 0.15) is 5.56 Å². The molecule has 0 unspecified atom stereocenters. The first-order valence-electron chi connectivity index (χ1n) is 5.73. The Morgan fingerprint density at radius 2 is 2.05 bits per heavy atom. The van der Waals surface area contributed by atoms with Crippen LogP contribution in [0.2, 0.25) is 0 Å². The molecule has 1 aromatic carbocycles. The SMILES string of the molecule is Nc1cn2ccnc2c(Oc2ccc(CO)cc2)n1. The first-order valence-corrected chi connectivity index (χ1v) is 5.73. The van der Waals surface area contributed by atoms with Crippen LogP contribution in [0.15, 0.2) is 42.9 Å². The predicted octanol–water partition coefficient (Wildman–Crippen LogP) is 1.60. The summed E-state index contributed by atoms with van der Waals surface area (Å²) < 4.78 is 7.42. The Bertz CT molecular complexity index is 706. The van der Waals surface area contributed by atoms with Gasteiger partial charge in [0.05, 0.1) is 12.8 Å². The fourth-order valence-electron chi connectivity index (χ4n) is 1.76. The van der Waals surface area contributed by atoms with Crippen molar-refractivity contribution in [1.82, 2.24) is 14.4 Å². The lowest BCUT2D eigenvalue weighted by molar-refractivity contribution is 0.281. The van der Waals surface area contributed by atoms with Crippen LogP contribution in [-0.2, 0) is 6.61 Å². The van der Waals surface area contributed by atoms with Gasteiger partial charge in [-0.05, 0) is 17.7 Å². The molecule has 6 nitrogen and oxygen atoms in total. The zero-order valence-electron chi connectivity index (χ0n) is 10.0. The highest BCUT2D eigenvalue weighted by Crippen LogP contribution is 2.24. The van der Waals surface area contributed by atoms with E-state index >= 15 is 0 Å². The van der Waals surface area contributed by atoms with Gasteiger partial charge in [-0.25, -0.2) is 4.98 Å². The van der Waals surface area contributed by atoms with Crippen LogP contribution < -0.4 is 10.5 Å². The number of aromatic nitrogens is 3. The molecule has 3 aromatic rings. The number of imidazole rings is 1. The van der Waals surface area contributed by atoms with Gasteiger partial charge in [0.1, 0.15) is 11.6 Å². The van der Waals surface area contributed by atoms with E-state index in [2.05, 4.69) is 9.97 Å². The van der Waals surface area contributed by atoms with Crippen LogP contribution in [0.3, 0.4) is 0 Å². The Labute approximate surface area is 109 Å². The van der Waals surface area contributed by atoms with Crippen molar-refractivity contribution in [2.24, 2.45) is 0 Å². The fourth-order valence-corrected chi connectivity index (χ4v) is 1.76. The Hall–Kier alpha value is -2.60. The van der Waals surface area contributed by atoms with Crippen molar-refractivity contribution in [3.63, 3.8) is 0 Å². The molecule has 0 bridgehead atoms. The summed E-state index contributed by atoms with van der Waals surface area (Å²) in [5, 5.41) is 8.99. The van der Waals surface area contributed by atoms with E-state index in [-0.39, 0.29) is 6.61 Å². The number of aliphatic hydroxyl groups is 1. The third kappa shape index (κ3) is 2.21. The Morgan fingerprint density at radius 3 is 2.79 bits per heavy atom. The minimum absolute atomic E-state index is 0.00131. The number of nitrogens with zero attached hydrogens (tertiary/aromatic N) is 3. The van der Waals surface area contributed by atoms with Crippen LogP contribution in [0.25, 0.3) is 5.65 Å². The lowest BCUT2D eigenvalue weighted by Gasteiger charge is -2.07. The lowest BCUT2D eigenvalue weighted by Crippen LogP contribution is -1.99. The van der Waals surface area contributed by atoms with E-state index in [0.29, 0.717) is 23.1 Å². The van der Waals surface area contributed by atoms with Crippen molar-refractivity contribution in [3.8, 4) is 11.6 Å². The molecule has 0 aliphatic heterocycles. The largest absolute Gasteiger partial charge is 0.436 e. The Balaban J connectivity index is 1.97. The maximum atomic E-state index is 8.99. The molecule has 3 rings (SSSR count). The summed E-state index contributed by atoms with van der Waals surface area (Å²) in [7, 11) is 0. The highest BCUT2D eigenvalue weighted by atomic mass is 16.5. The topological polar surface area (TPSA) is 85.7 Å². The molecule has 2 aromatic heterocycles. The summed E-state index contributed by atoms with van der Waals surface area (Å²) in [4.78, 5) is 8.30. The molecule has 0 saturated carbocycles. The van der Waals surface area contributed by atoms with Gasteiger partial charge in [0.2, 0.25) is 5.65 Å². The number of aliphatic hydroxyl groups excluding tert-OH is 1. The summed E-state index contributed by atoms with van der Waals surface area (Å²) in [6.07, 6.45) is 5.09. The van der Waals surface area contributed by atoms with Crippen LogP contribution in [0.5, 0.6) is 11.6 Å². The first-order chi connectivity index (χ1) is 9.26. The second kappa shape index (κ2) is 4.58. The molecule has 0 aliphatic carbocycles. The molecule has 0 radical (unpaired) electrons. The number of nitrogens with two attached hydrogens (primary N) is 1. The molecule has 19 heavy (non-hydrogen) atoms. The van der Waals surface area contributed by atoms with E-state index in [1.807, 2.05) is 0 Å². The minimum Gasteiger partial charge on any atom is -0.436 e. The van der Waals surface area contributed by atoms with Gasteiger partial charge < -0.3 is 15.6 Å². The first kappa shape index (κ1) is 11.5. The predicted molar refractivity (Wildman–Crippen MR) is 69.8 cm³/mol. The summed E-state index contributed by atoms with van der Waals surface area (Å²) in [6, 6.07) is 7.08. The van der Waals surface area contributed by atoms with Gasteiger partial charge in [-0.3, -0.25) is 4.40 Å². The standard InChI is InChI=1S/C13H12N4O2/c14-11-7-17-6-5-15-12(17)13(16-11)19-10-3-1-9(8-18)2-4-10/h1-7,18H,8,14H2. The molecular formula is C13H12N4O2. The van der Waals surface area contributed by atoms with Gasteiger partial charge in [0.15, 0.2) is 0 Å². The zero-order chi connectivity index (χ0) is 13.2. The van der Waals surface area contributed by atoms with Crippen LogP contribution in [0, 0.1) is 0 Å². The van der Waals surface area contributed by atoms with Crippen LogP contribution in [-0.4, -0.2) is 19.5 Å². The zero-order valence-corrected chi connectivity index (χ0v) is 10.0. The highest BCUT2D eigenvalue weighted by molar-refractivity contribution is 5.54. The van der Waals surface area contributed by atoms with E-state index in [0.717, 1.165) is 5.56 Å². The van der Waals surface area contributed by atoms with Crippen molar-refractivity contribution in [1.29, 1.82) is 0 Å². The molecule has 0 saturated heterocycles. The average molecular weight is 256 g/mol. The molecule has 6 heteroatoms. The van der Waals surface area contributed by atoms with Crippen LogP contribution >= 0.6 is 0 Å². The second-order valence-corrected chi connectivity index (χ2v) is 4.03. The van der Waals surface area contributed by atoms with E-state index in [9.17, 15) is 0 Å². The van der Waals surface area contributed by atoms with Gasteiger partial charge in [0, 0.05) is 12.4 Å². The number of fused-ring (bicyclic) bond motifs is 1. The highest BCUT2D eigenvalue weighted by Gasteiger charge is 2.08. The number of nitrogen functional groups attached to an aromatic ring is 1. The van der Waals surface area contributed by atoms with Crippen molar-refractivity contribution in [3.05, 3.63) is 48.4 Å². The van der Waals surface area contributed by atoms with E-state index in [4.69, 9.17) is 15.6 Å². The molecule has 2 heterocycles. The average Bonchev–Trinajstić information content (AvgIpc) is 2.88. The van der Waals surface area contributed by atoms with E-state index in [1.165, 1.54) is 0 Å². The number of hydrogen-bond donors (Lipinski definition) is 2. The molecule has 96 valence electrons. The number of hydrogen-bond acceptors (Lipinski definition) is 5. The summed E-state index contributed by atoms with van der Waals surface area (Å²) in [6.45, 7) is 0.00131. The van der Waals surface area contributed by atoms with Crippen molar-refractivity contribution in [2.75, 3.05) is 5.73 Å². The minimum atomic E-state index is 0.00131. The number of ether oxygens (including phenoxy) is 1. The van der Waals surface area contributed by atoms with E-state index < -0.39 is 0 Å². The van der Waals surface area contributed by atoms with Crippen molar-refractivity contribution < 1.29 is 9.84 Å². The van der Waals surface area contributed by atoms with Crippen molar-refractivity contribution in [2.45, 2.75) is 6.61 Å². The maximum Gasteiger partial charge on any atom is 0.265 e. The van der Waals surface area contributed by atoms with Gasteiger partial charge in [0.25, 0.3) is 5.88 Å².